The van der Waals surface area contributed by atoms with Crippen LogP contribution >= 0.6 is 15.0 Å². The minimum Gasteiger partial charge on any atom is -0.497 e. The largest absolute Gasteiger partial charge is 0.695 e. The molecule has 0 amide bonds. The fourth-order valence-electron chi connectivity index (χ4n) is 9.04. The highest BCUT2D eigenvalue weighted by molar-refractivity contribution is 8.07. The topological polar surface area (TPSA) is 236 Å². The molecule has 26 heteroatoms. The number of rotatable bonds is 20. The molecule has 0 saturated carbocycles. The van der Waals surface area contributed by atoms with Crippen molar-refractivity contribution < 1.29 is 60.0 Å². The minimum absolute atomic E-state index is 0.181. The molecule has 3 aromatic carbocycles. The molecule has 5 aromatic heterocycles. The molecule has 7 heterocycles. The van der Waals surface area contributed by atoms with Crippen molar-refractivity contribution in [3.8, 4) is 17.6 Å². The molecule has 2 aliphatic rings. The Hall–Kier alpha value is -6.32. The fraction of sp³-hybridized carbons (Fsp3) is 0.340. The third kappa shape index (κ3) is 9.70. The van der Waals surface area contributed by atoms with E-state index >= 15 is 8.78 Å². The number of benzene rings is 3. The molecular formula is C47H45F2N10O11P2S+. The molecule has 2 saturated heterocycles. The lowest BCUT2D eigenvalue weighted by molar-refractivity contribution is -0.0932. The number of imidazole rings is 3. The third-order valence-electron chi connectivity index (χ3n) is 12.5. The van der Waals surface area contributed by atoms with Crippen molar-refractivity contribution in [1.82, 2.24) is 43.4 Å². The lowest BCUT2D eigenvalue weighted by Crippen LogP contribution is -2.40. The Bertz CT molecular complexity index is 3290. The van der Waals surface area contributed by atoms with Crippen LogP contribution in [0.25, 0.3) is 28.0 Å². The zero-order chi connectivity index (χ0) is 50.9. The smallest absolute Gasteiger partial charge is 0.497 e. The molecule has 10 atom stereocenters. The Labute approximate surface area is 420 Å². The summed E-state index contributed by atoms with van der Waals surface area (Å²) in [5, 5.41) is 9.55. The summed E-state index contributed by atoms with van der Waals surface area (Å²) in [5.41, 5.74) is 2.85. The molecule has 2 fully saturated rings. The molecule has 0 radical (unpaired) electrons. The van der Waals surface area contributed by atoms with Gasteiger partial charge in [-0.3, -0.25) is 18.1 Å². The molecular weight excluding hydrogens is 1010 g/mol. The van der Waals surface area contributed by atoms with E-state index in [1.165, 1.54) is 34.4 Å². The Morgan fingerprint density at radius 3 is 2.00 bits per heavy atom. The lowest BCUT2D eigenvalue weighted by Gasteiger charge is -2.37. The van der Waals surface area contributed by atoms with Gasteiger partial charge in [-0.25, -0.2) is 38.7 Å². The molecule has 2 unspecified atom stereocenters. The third-order valence-corrected chi connectivity index (χ3v) is 15.3. The molecule has 378 valence electrons. The van der Waals surface area contributed by atoms with Crippen LogP contribution in [0, 0.1) is 18.3 Å². The van der Waals surface area contributed by atoms with Gasteiger partial charge >= 0.3 is 15.0 Å². The fourth-order valence-corrected chi connectivity index (χ4v) is 11.6. The standard InChI is InChI=1S/C47H44F2N10O11P2S/c1-28-38-43(53-24-52-28)58(26-54-38)46-37(49)41(34(67-46)22-64-47(29-8-5-4-6-9-29,30-10-14-32(62-2)15-11-30)31-12-16-33(63-3)17-13-31)70-72(73,65-21-7-18-50)66-23-35-40(69-71(60)61)36(48)45(68-35)59-27-55-39-42-51-19-20-57(42)25-56-44(39)59/h4-6,8-17,19-20,24-27,34-37,40-41,45-46H,7,21-23H2,1-3H3/p+1/t34-,35-,36-,37-,40-,41-,45-,46-,72?/m1/s1. The first-order valence-corrected chi connectivity index (χ1v) is 26.3. The summed E-state index contributed by atoms with van der Waals surface area (Å²) in [6.07, 6.45) is -4.67. The number of alkyl halides is 2. The number of methoxy groups -OCH3 is 2. The summed E-state index contributed by atoms with van der Waals surface area (Å²) in [7, 11) is -0.256. The zero-order valence-electron chi connectivity index (χ0n) is 39.0. The average molecular weight is 1060 g/mol. The lowest BCUT2D eigenvalue weighted by atomic mass is 9.80. The van der Waals surface area contributed by atoms with E-state index < -0.39 is 76.4 Å². The first-order valence-electron chi connectivity index (χ1n) is 22.6. The predicted molar refractivity (Wildman–Crippen MR) is 258 cm³/mol. The summed E-state index contributed by atoms with van der Waals surface area (Å²) < 4.78 is 106. The van der Waals surface area contributed by atoms with Gasteiger partial charge in [-0.15, -0.1) is 9.42 Å². The van der Waals surface area contributed by atoms with E-state index in [0.29, 0.717) is 50.6 Å². The van der Waals surface area contributed by atoms with E-state index in [2.05, 4.69) is 29.9 Å². The molecule has 73 heavy (non-hydrogen) atoms. The number of nitrogens with zero attached hydrogens (tertiary/aromatic N) is 10. The van der Waals surface area contributed by atoms with Gasteiger partial charge in [-0.05, 0) is 59.7 Å². The molecule has 0 spiro atoms. The highest BCUT2D eigenvalue weighted by Gasteiger charge is 2.54. The Morgan fingerprint density at radius 2 is 1.37 bits per heavy atom. The van der Waals surface area contributed by atoms with Gasteiger partial charge in [-0.2, -0.15) is 5.26 Å². The van der Waals surface area contributed by atoms with Crippen LogP contribution in [-0.4, -0.2) is 119 Å². The van der Waals surface area contributed by atoms with Gasteiger partial charge < -0.3 is 32.7 Å². The maximum absolute atomic E-state index is 17.8. The van der Waals surface area contributed by atoms with Gasteiger partial charge in [0.1, 0.15) is 53.6 Å². The summed E-state index contributed by atoms with van der Waals surface area (Å²) in [6, 6.07) is 26.0. The van der Waals surface area contributed by atoms with E-state index in [1.54, 1.807) is 62.2 Å². The highest BCUT2D eigenvalue weighted by Crippen LogP contribution is 2.55. The number of hydrogen-bond donors (Lipinski definition) is 1. The summed E-state index contributed by atoms with van der Waals surface area (Å²) in [6.45, 7) is -3.88. The van der Waals surface area contributed by atoms with E-state index in [4.69, 9.17) is 53.6 Å². The zero-order valence-corrected chi connectivity index (χ0v) is 41.6. The van der Waals surface area contributed by atoms with Crippen LogP contribution in [0.1, 0.15) is 41.3 Å². The normalized spacial score (nSPS) is 23.2. The number of aromatic nitrogens is 9. The molecule has 0 bridgehead atoms. The number of aryl methyl sites for hydroxylation is 1. The minimum atomic E-state index is -4.27. The second-order valence-corrected chi connectivity index (χ2v) is 20.4. The number of fused-ring (bicyclic) bond motifs is 4. The van der Waals surface area contributed by atoms with Crippen molar-refractivity contribution in [2.24, 2.45) is 0 Å². The van der Waals surface area contributed by atoms with Gasteiger partial charge in [0, 0.05) is 17.0 Å². The maximum atomic E-state index is 17.8. The van der Waals surface area contributed by atoms with Crippen LogP contribution in [0.4, 0.5) is 8.78 Å². The second kappa shape index (κ2) is 21.3. The number of hydrogen-bond acceptors (Lipinski definition) is 18. The van der Waals surface area contributed by atoms with Crippen molar-refractivity contribution in [2.75, 3.05) is 34.0 Å². The van der Waals surface area contributed by atoms with Gasteiger partial charge in [-0.1, -0.05) is 54.6 Å². The molecule has 8 aromatic rings. The van der Waals surface area contributed by atoms with Crippen molar-refractivity contribution in [1.29, 1.82) is 5.26 Å². The Morgan fingerprint density at radius 1 is 0.767 bits per heavy atom. The van der Waals surface area contributed by atoms with Gasteiger partial charge in [0.25, 0.3) is 0 Å². The average Bonchev–Trinajstić information content (AvgIpc) is 4.26. The summed E-state index contributed by atoms with van der Waals surface area (Å²) >= 11 is 6.00. The predicted octanol–water partition coefficient (Wildman–Crippen LogP) is 7.32. The van der Waals surface area contributed by atoms with Crippen molar-refractivity contribution in [3.05, 3.63) is 139 Å². The first-order chi connectivity index (χ1) is 35.4. The van der Waals surface area contributed by atoms with E-state index in [1.807, 2.05) is 60.7 Å². The number of ether oxygens (including phenoxy) is 5. The van der Waals surface area contributed by atoms with Crippen molar-refractivity contribution in [3.63, 3.8) is 0 Å². The molecule has 1 N–H and O–H groups in total. The SMILES string of the molecule is COc1ccc(C(OC[C@H]2O[C@@H](n3cnc4c(C)ncnc43)[C@H](F)[C@@H]2OP(=S)(OCCC#N)OC[C@H]2O[C@@H](n3cnc4c3ncn3ccnc43)[C@H](F)[C@@H]2O[P+](=O)O)(c2ccccc2)c2ccc(OC)cc2)cc1. The Balaban J connectivity index is 1.00. The van der Waals surface area contributed by atoms with E-state index in [9.17, 15) is 14.7 Å². The quantitative estimate of drug-likeness (QED) is 0.0447. The monoisotopic (exact) mass is 1060 g/mol. The van der Waals surface area contributed by atoms with E-state index in [-0.39, 0.29) is 30.9 Å². The van der Waals surface area contributed by atoms with Crippen LogP contribution < -0.4 is 9.47 Å². The van der Waals surface area contributed by atoms with Gasteiger partial charge in [0.05, 0.1) is 64.9 Å². The van der Waals surface area contributed by atoms with Crippen LogP contribution in [0.3, 0.4) is 0 Å². The number of halogens is 2. The van der Waals surface area contributed by atoms with Crippen molar-refractivity contribution in [2.45, 2.75) is 68.2 Å². The van der Waals surface area contributed by atoms with Crippen LogP contribution in [0.5, 0.6) is 11.5 Å². The molecule has 21 nitrogen and oxygen atoms in total. The molecule has 10 rings (SSSR count). The van der Waals surface area contributed by atoms with Crippen LogP contribution in [0.2, 0.25) is 0 Å². The Kier molecular flexibility index (Phi) is 14.6. The summed E-state index contributed by atoms with van der Waals surface area (Å²) in [5.74, 6) is 1.19. The molecule has 0 aliphatic carbocycles. The van der Waals surface area contributed by atoms with Gasteiger partial charge in [0.2, 0.25) is 0 Å². The van der Waals surface area contributed by atoms with Crippen LogP contribution in [-0.2, 0) is 54.3 Å². The van der Waals surface area contributed by atoms with Gasteiger partial charge in [0.15, 0.2) is 53.4 Å². The number of nitriles is 1. The van der Waals surface area contributed by atoms with E-state index in [0.717, 1.165) is 0 Å². The first kappa shape index (κ1) is 50.2. The van der Waals surface area contributed by atoms with Crippen LogP contribution in [0.15, 0.2) is 117 Å². The van der Waals surface area contributed by atoms with Crippen molar-refractivity contribution >= 4 is 54.8 Å². The highest BCUT2D eigenvalue weighted by atomic mass is 32.5. The second-order valence-electron chi connectivity index (χ2n) is 16.7. The maximum Gasteiger partial charge on any atom is 0.695 e. The molecule has 2 aliphatic heterocycles. The summed E-state index contributed by atoms with van der Waals surface area (Å²) in [4.78, 5) is 36.1.